The molecule has 0 heterocycles. The topological polar surface area (TPSA) is 38.3 Å². The Balaban J connectivity index is 2.05. The van der Waals surface area contributed by atoms with Crippen LogP contribution in [0.3, 0.4) is 0 Å². The fourth-order valence-electron chi connectivity index (χ4n) is 2.74. The Morgan fingerprint density at radius 2 is 2.33 bits per heavy atom. The highest BCUT2D eigenvalue weighted by molar-refractivity contribution is 5.69. The molecule has 0 amide bonds. The number of ether oxygens (including phenoxy) is 1. The molecule has 0 spiro atoms. The molecule has 0 saturated heterocycles. The van der Waals surface area contributed by atoms with E-state index in [0.717, 1.165) is 25.4 Å². The molecule has 104 valence electrons. The minimum Gasteiger partial charge on any atom is -0.466 e. The highest BCUT2D eigenvalue weighted by Crippen LogP contribution is 2.27. The summed E-state index contributed by atoms with van der Waals surface area (Å²) in [6.07, 6.45) is 6.28. The zero-order valence-electron chi connectivity index (χ0n) is 12.0. The van der Waals surface area contributed by atoms with Crippen LogP contribution in [0.25, 0.3) is 0 Å². The van der Waals surface area contributed by atoms with Crippen molar-refractivity contribution < 1.29 is 9.53 Å². The van der Waals surface area contributed by atoms with Crippen LogP contribution in [0.1, 0.15) is 46.5 Å². The third-order valence-corrected chi connectivity index (χ3v) is 3.36. The summed E-state index contributed by atoms with van der Waals surface area (Å²) in [5, 5.41) is 3.46. The van der Waals surface area contributed by atoms with E-state index < -0.39 is 0 Å². The molecule has 0 fully saturated rings. The number of hydrogen-bond acceptors (Lipinski definition) is 3. The van der Waals surface area contributed by atoms with Gasteiger partial charge in [0.05, 0.1) is 6.61 Å². The van der Waals surface area contributed by atoms with E-state index in [9.17, 15) is 4.79 Å². The van der Waals surface area contributed by atoms with Gasteiger partial charge in [0.25, 0.3) is 0 Å². The van der Waals surface area contributed by atoms with Gasteiger partial charge in [-0.15, -0.1) is 0 Å². The maximum absolute atomic E-state index is 11.1. The molecule has 0 aromatic heterocycles. The number of hydrogen-bond donors (Lipinski definition) is 1. The smallest absolute Gasteiger partial charge is 0.305 e. The van der Waals surface area contributed by atoms with Crippen molar-refractivity contribution >= 4 is 5.97 Å². The SMILES string of the molecule is CCOC(=O)CCCNCC1CC(C)=CC(C)C1. The summed E-state index contributed by atoms with van der Waals surface area (Å²) in [6.45, 7) is 8.82. The highest BCUT2D eigenvalue weighted by atomic mass is 16.5. The van der Waals surface area contributed by atoms with Crippen LogP contribution in [0, 0.1) is 11.8 Å². The van der Waals surface area contributed by atoms with Gasteiger partial charge < -0.3 is 10.1 Å². The number of carbonyl (C=O) groups is 1. The Labute approximate surface area is 111 Å². The van der Waals surface area contributed by atoms with Crippen LogP contribution in [-0.2, 0) is 9.53 Å². The number of nitrogens with one attached hydrogen (secondary N) is 1. The van der Waals surface area contributed by atoms with Gasteiger partial charge in [-0.3, -0.25) is 4.79 Å². The van der Waals surface area contributed by atoms with Gasteiger partial charge in [-0.05, 0) is 58.0 Å². The Morgan fingerprint density at radius 1 is 1.56 bits per heavy atom. The lowest BCUT2D eigenvalue weighted by atomic mass is 9.84. The highest BCUT2D eigenvalue weighted by Gasteiger charge is 2.17. The van der Waals surface area contributed by atoms with Gasteiger partial charge in [-0.1, -0.05) is 18.6 Å². The molecule has 0 aliphatic heterocycles. The van der Waals surface area contributed by atoms with Crippen LogP contribution < -0.4 is 5.32 Å². The summed E-state index contributed by atoms with van der Waals surface area (Å²) in [4.78, 5) is 11.1. The van der Waals surface area contributed by atoms with Crippen LogP contribution in [0.5, 0.6) is 0 Å². The van der Waals surface area contributed by atoms with Gasteiger partial charge in [0, 0.05) is 6.42 Å². The second-order valence-corrected chi connectivity index (χ2v) is 5.41. The van der Waals surface area contributed by atoms with Gasteiger partial charge in [0.2, 0.25) is 0 Å². The van der Waals surface area contributed by atoms with E-state index in [1.807, 2.05) is 6.92 Å². The molecule has 1 aliphatic rings. The normalized spacial score (nSPS) is 23.6. The van der Waals surface area contributed by atoms with Crippen molar-refractivity contribution in [2.24, 2.45) is 11.8 Å². The van der Waals surface area contributed by atoms with Gasteiger partial charge in [0.1, 0.15) is 0 Å². The predicted molar refractivity (Wildman–Crippen MR) is 74.4 cm³/mol. The zero-order valence-corrected chi connectivity index (χ0v) is 12.0. The fraction of sp³-hybridized carbons (Fsp3) is 0.800. The van der Waals surface area contributed by atoms with Crippen LogP contribution in [-0.4, -0.2) is 25.7 Å². The molecule has 3 nitrogen and oxygen atoms in total. The third-order valence-electron chi connectivity index (χ3n) is 3.36. The van der Waals surface area contributed by atoms with Crippen molar-refractivity contribution in [3.63, 3.8) is 0 Å². The monoisotopic (exact) mass is 253 g/mol. The molecule has 1 N–H and O–H groups in total. The lowest BCUT2D eigenvalue weighted by Gasteiger charge is -2.25. The van der Waals surface area contributed by atoms with Crippen molar-refractivity contribution in [1.29, 1.82) is 0 Å². The first-order valence-electron chi connectivity index (χ1n) is 7.15. The minimum absolute atomic E-state index is 0.0793. The lowest BCUT2D eigenvalue weighted by molar-refractivity contribution is -0.143. The van der Waals surface area contributed by atoms with Gasteiger partial charge in [-0.2, -0.15) is 0 Å². The summed E-state index contributed by atoms with van der Waals surface area (Å²) in [5.41, 5.74) is 1.52. The van der Waals surface area contributed by atoms with E-state index in [0.29, 0.717) is 18.9 Å². The summed E-state index contributed by atoms with van der Waals surface area (Å²) < 4.78 is 4.89. The van der Waals surface area contributed by atoms with Crippen molar-refractivity contribution in [3.8, 4) is 0 Å². The Bertz CT molecular complexity index is 286. The summed E-state index contributed by atoms with van der Waals surface area (Å²) in [6, 6.07) is 0. The van der Waals surface area contributed by atoms with Crippen LogP contribution >= 0.6 is 0 Å². The zero-order chi connectivity index (χ0) is 13.4. The van der Waals surface area contributed by atoms with E-state index in [1.54, 1.807) is 0 Å². The predicted octanol–water partition coefficient (Wildman–Crippen LogP) is 2.91. The minimum atomic E-state index is -0.0793. The van der Waals surface area contributed by atoms with Crippen LogP contribution in [0.15, 0.2) is 11.6 Å². The summed E-state index contributed by atoms with van der Waals surface area (Å²) >= 11 is 0. The molecule has 1 aliphatic carbocycles. The average Bonchev–Trinajstić information content (AvgIpc) is 2.27. The van der Waals surface area contributed by atoms with Gasteiger partial charge in [0.15, 0.2) is 0 Å². The first kappa shape index (κ1) is 15.2. The van der Waals surface area contributed by atoms with Crippen LogP contribution in [0.4, 0.5) is 0 Å². The van der Waals surface area contributed by atoms with E-state index >= 15 is 0 Å². The summed E-state index contributed by atoms with van der Waals surface area (Å²) in [5.74, 6) is 1.39. The largest absolute Gasteiger partial charge is 0.466 e. The molecular formula is C15H27NO2. The van der Waals surface area contributed by atoms with E-state index in [-0.39, 0.29) is 5.97 Å². The molecule has 0 saturated carbocycles. The van der Waals surface area contributed by atoms with Crippen molar-refractivity contribution in [3.05, 3.63) is 11.6 Å². The second-order valence-electron chi connectivity index (χ2n) is 5.41. The molecule has 2 atom stereocenters. The summed E-state index contributed by atoms with van der Waals surface area (Å²) in [7, 11) is 0. The van der Waals surface area contributed by atoms with E-state index in [4.69, 9.17) is 4.74 Å². The lowest BCUT2D eigenvalue weighted by Crippen LogP contribution is -2.27. The average molecular weight is 253 g/mol. The number of allylic oxidation sites excluding steroid dienone is 2. The van der Waals surface area contributed by atoms with E-state index in [1.165, 1.54) is 18.4 Å². The molecule has 2 unspecified atom stereocenters. The number of rotatable bonds is 7. The Morgan fingerprint density at radius 3 is 3.00 bits per heavy atom. The van der Waals surface area contributed by atoms with Crippen molar-refractivity contribution in [2.75, 3.05) is 19.7 Å². The molecule has 0 radical (unpaired) electrons. The molecule has 0 aromatic rings. The molecule has 0 aromatic carbocycles. The molecule has 3 heteroatoms. The van der Waals surface area contributed by atoms with Crippen molar-refractivity contribution in [1.82, 2.24) is 5.32 Å². The standard InChI is InChI=1S/C15H27NO2/c1-4-18-15(17)6-5-7-16-11-14-9-12(2)8-13(3)10-14/h8,12,14,16H,4-7,9-11H2,1-3H3. The van der Waals surface area contributed by atoms with Gasteiger partial charge in [-0.25, -0.2) is 0 Å². The molecule has 1 rings (SSSR count). The number of carbonyl (C=O) groups excluding carboxylic acids is 1. The Hall–Kier alpha value is -0.830. The first-order chi connectivity index (χ1) is 8.61. The third kappa shape index (κ3) is 6.20. The fourth-order valence-corrected chi connectivity index (χ4v) is 2.74. The second kappa shape index (κ2) is 8.30. The molecular weight excluding hydrogens is 226 g/mol. The van der Waals surface area contributed by atoms with Crippen molar-refractivity contribution in [2.45, 2.75) is 46.5 Å². The molecule has 18 heavy (non-hydrogen) atoms. The number of esters is 1. The van der Waals surface area contributed by atoms with Crippen LogP contribution in [0.2, 0.25) is 0 Å². The maximum Gasteiger partial charge on any atom is 0.305 e. The molecule has 0 bridgehead atoms. The Kier molecular flexibility index (Phi) is 7.02. The maximum atomic E-state index is 11.1. The van der Waals surface area contributed by atoms with Gasteiger partial charge >= 0.3 is 5.97 Å². The van der Waals surface area contributed by atoms with E-state index in [2.05, 4.69) is 25.2 Å². The first-order valence-corrected chi connectivity index (χ1v) is 7.15. The quantitative estimate of drug-likeness (QED) is 0.431.